The van der Waals surface area contributed by atoms with E-state index >= 15 is 0 Å². The van der Waals surface area contributed by atoms with Crippen LogP contribution in [0.2, 0.25) is 4.47 Å². The number of carbonyl (C=O) groups is 1. The fraction of sp³-hybridized carbons (Fsp3) is 0.364. The lowest BCUT2D eigenvalue weighted by molar-refractivity contribution is 0.0949. The maximum Gasteiger partial charge on any atom is 0.271 e. The van der Waals surface area contributed by atoms with Gasteiger partial charge in [0, 0.05) is 28.9 Å². The number of thiazole rings is 2. The van der Waals surface area contributed by atoms with Gasteiger partial charge in [-0.25, -0.2) is 9.97 Å². The minimum absolute atomic E-state index is 0.177. The summed E-state index contributed by atoms with van der Waals surface area (Å²) in [7, 11) is 0. The Morgan fingerprint density at radius 1 is 1.44 bits per heavy atom. The van der Waals surface area contributed by atoms with Crippen LogP contribution in [0.15, 0.2) is 5.38 Å². The van der Waals surface area contributed by atoms with E-state index in [0.29, 0.717) is 16.7 Å². The summed E-state index contributed by atoms with van der Waals surface area (Å²) in [6.07, 6.45) is 0.737. The number of aromatic nitrogens is 2. The lowest BCUT2D eigenvalue weighted by atomic mass is 10.3. The van der Waals surface area contributed by atoms with Crippen LogP contribution < -0.4 is 5.32 Å². The van der Waals surface area contributed by atoms with Gasteiger partial charge in [-0.3, -0.25) is 4.79 Å². The SMILES string of the molecule is Cc1csc(CCNC(=O)c2nc(Cl)sc2C)n1. The van der Waals surface area contributed by atoms with Crippen LogP contribution in [0.3, 0.4) is 0 Å². The predicted octanol–water partition coefficient (Wildman–Crippen LogP) is 2.84. The topological polar surface area (TPSA) is 54.9 Å². The minimum atomic E-state index is -0.177. The van der Waals surface area contributed by atoms with Crippen molar-refractivity contribution in [1.82, 2.24) is 15.3 Å². The van der Waals surface area contributed by atoms with Crippen LogP contribution in [0.1, 0.15) is 26.1 Å². The number of amides is 1. The first-order chi connectivity index (χ1) is 8.56. The van der Waals surface area contributed by atoms with Crippen LogP contribution in [-0.2, 0) is 6.42 Å². The van der Waals surface area contributed by atoms with Gasteiger partial charge in [0.05, 0.1) is 5.01 Å². The van der Waals surface area contributed by atoms with E-state index in [-0.39, 0.29) is 5.91 Å². The van der Waals surface area contributed by atoms with E-state index in [1.807, 2.05) is 19.2 Å². The molecule has 0 spiro atoms. The van der Waals surface area contributed by atoms with E-state index in [0.717, 1.165) is 22.0 Å². The van der Waals surface area contributed by atoms with Crippen molar-refractivity contribution < 1.29 is 4.79 Å². The molecule has 4 nitrogen and oxygen atoms in total. The molecule has 18 heavy (non-hydrogen) atoms. The highest BCUT2D eigenvalue weighted by Gasteiger charge is 2.14. The van der Waals surface area contributed by atoms with E-state index in [4.69, 9.17) is 11.6 Å². The standard InChI is InChI=1S/C11H12ClN3OS2/c1-6-5-17-8(14-6)3-4-13-10(16)9-7(2)18-11(12)15-9/h5H,3-4H2,1-2H3,(H,13,16). The Bertz CT molecular complexity index is 564. The summed E-state index contributed by atoms with van der Waals surface area (Å²) in [5, 5.41) is 5.85. The lowest BCUT2D eigenvalue weighted by Crippen LogP contribution is -2.26. The molecule has 0 aromatic carbocycles. The Kier molecular flexibility index (Phi) is 4.31. The molecule has 0 saturated heterocycles. The second kappa shape index (κ2) is 5.77. The quantitative estimate of drug-likeness (QED) is 0.945. The number of aryl methyl sites for hydroxylation is 2. The minimum Gasteiger partial charge on any atom is -0.350 e. The number of rotatable bonds is 4. The predicted molar refractivity (Wildman–Crippen MR) is 74.7 cm³/mol. The van der Waals surface area contributed by atoms with Crippen molar-refractivity contribution >= 4 is 40.2 Å². The van der Waals surface area contributed by atoms with E-state index < -0.39 is 0 Å². The van der Waals surface area contributed by atoms with E-state index in [9.17, 15) is 4.79 Å². The summed E-state index contributed by atoms with van der Waals surface area (Å²) in [5.41, 5.74) is 1.43. The smallest absolute Gasteiger partial charge is 0.271 e. The Morgan fingerprint density at radius 2 is 2.22 bits per heavy atom. The Labute approximate surface area is 118 Å². The van der Waals surface area contributed by atoms with Crippen LogP contribution in [-0.4, -0.2) is 22.4 Å². The summed E-state index contributed by atoms with van der Waals surface area (Å²) in [4.78, 5) is 21.0. The third kappa shape index (κ3) is 3.28. The molecule has 0 saturated carbocycles. The molecule has 0 bridgehead atoms. The molecule has 2 rings (SSSR count). The molecule has 0 aliphatic heterocycles. The molecule has 0 unspecified atom stereocenters. The molecule has 2 aromatic heterocycles. The maximum absolute atomic E-state index is 11.8. The maximum atomic E-state index is 11.8. The van der Waals surface area contributed by atoms with Crippen LogP contribution in [0, 0.1) is 13.8 Å². The molecule has 1 amide bonds. The van der Waals surface area contributed by atoms with Gasteiger partial charge in [-0.05, 0) is 13.8 Å². The monoisotopic (exact) mass is 301 g/mol. The number of carbonyl (C=O) groups excluding carboxylic acids is 1. The van der Waals surface area contributed by atoms with E-state index in [1.54, 1.807) is 11.3 Å². The molecule has 0 radical (unpaired) electrons. The van der Waals surface area contributed by atoms with Gasteiger partial charge in [-0.2, -0.15) is 0 Å². The van der Waals surface area contributed by atoms with Crippen molar-refractivity contribution in [2.75, 3.05) is 6.54 Å². The van der Waals surface area contributed by atoms with Gasteiger partial charge >= 0.3 is 0 Å². The third-order valence-electron chi connectivity index (χ3n) is 2.28. The zero-order valence-corrected chi connectivity index (χ0v) is 12.4. The van der Waals surface area contributed by atoms with Gasteiger partial charge in [0.2, 0.25) is 0 Å². The van der Waals surface area contributed by atoms with Crippen LogP contribution in [0.4, 0.5) is 0 Å². The molecule has 2 aromatic rings. The van der Waals surface area contributed by atoms with Crippen LogP contribution in [0.25, 0.3) is 0 Å². The number of nitrogens with one attached hydrogen (secondary N) is 1. The highest BCUT2D eigenvalue weighted by Crippen LogP contribution is 2.21. The zero-order chi connectivity index (χ0) is 13.1. The van der Waals surface area contributed by atoms with Crippen molar-refractivity contribution in [3.05, 3.63) is 31.1 Å². The number of nitrogens with zero attached hydrogens (tertiary/aromatic N) is 2. The first-order valence-electron chi connectivity index (χ1n) is 5.38. The van der Waals surface area contributed by atoms with Gasteiger partial charge in [-0.15, -0.1) is 22.7 Å². The summed E-state index contributed by atoms with van der Waals surface area (Å²) in [6, 6.07) is 0. The third-order valence-corrected chi connectivity index (χ3v) is 4.38. The Morgan fingerprint density at radius 3 is 2.78 bits per heavy atom. The van der Waals surface area contributed by atoms with Crippen molar-refractivity contribution in [2.45, 2.75) is 20.3 Å². The zero-order valence-electron chi connectivity index (χ0n) is 9.99. The molecule has 0 fully saturated rings. The summed E-state index contributed by atoms with van der Waals surface area (Å²) >= 11 is 8.68. The molecular formula is C11H12ClN3OS2. The molecule has 0 aliphatic carbocycles. The second-order valence-electron chi connectivity index (χ2n) is 3.76. The average molecular weight is 302 g/mol. The average Bonchev–Trinajstić information content (AvgIpc) is 2.85. The largest absolute Gasteiger partial charge is 0.350 e. The molecule has 96 valence electrons. The van der Waals surface area contributed by atoms with Gasteiger partial charge in [0.25, 0.3) is 5.91 Å². The number of halogens is 1. The summed E-state index contributed by atoms with van der Waals surface area (Å²) < 4.78 is 0.396. The molecular weight excluding hydrogens is 290 g/mol. The second-order valence-corrected chi connectivity index (χ2v) is 6.49. The molecule has 2 heterocycles. The fourth-order valence-corrected chi connectivity index (χ4v) is 3.29. The normalized spacial score (nSPS) is 10.6. The highest BCUT2D eigenvalue weighted by molar-refractivity contribution is 7.15. The summed E-state index contributed by atoms with van der Waals surface area (Å²) in [6.45, 7) is 4.35. The van der Waals surface area contributed by atoms with Crippen LogP contribution >= 0.6 is 34.3 Å². The van der Waals surface area contributed by atoms with Gasteiger partial charge in [0.1, 0.15) is 5.69 Å². The molecule has 7 heteroatoms. The van der Waals surface area contributed by atoms with Crippen molar-refractivity contribution in [3.63, 3.8) is 0 Å². The number of hydrogen-bond acceptors (Lipinski definition) is 5. The Balaban J connectivity index is 1.87. The van der Waals surface area contributed by atoms with Crippen molar-refractivity contribution in [1.29, 1.82) is 0 Å². The van der Waals surface area contributed by atoms with Crippen molar-refractivity contribution in [2.24, 2.45) is 0 Å². The first-order valence-corrected chi connectivity index (χ1v) is 7.46. The Hall–Kier alpha value is -0.980. The molecule has 0 atom stereocenters. The van der Waals surface area contributed by atoms with Gasteiger partial charge in [-0.1, -0.05) is 11.6 Å². The van der Waals surface area contributed by atoms with E-state index in [1.165, 1.54) is 11.3 Å². The van der Waals surface area contributed by atoms with Gasteiger partial charge < -0.3 is 5.32 Å². The molecule has 0 aliphatic rings. The number of hydrogen-bond donors (Lipinski definition) is 1. The lowest BCUT2D eigenvalue weighted by Gasteiger charge is -2.01. The first kappa shape index (κ1) is 13.5. The summed E-state index contributed by atoms with van der Waals surface area (Å²) in [5.74, 6) is -0.177. The fourth-order valence-electron chi connectivity index (χ4n) is 1.46. The highest BCUT2D eigenvalue weighted by atomic mass is 35.5. The van der Waals surface area contributed by atoms with Gasteiger partial charge in [0.15, 0.2) is 4.47 Å². The molecule has 1 N–H and O–H groups in total. The van der Waals surface area contributed by atoms with Crippen LogP contribution in [0.5, 0.6) is 0 Å². The van der Waals surface area contributed by atoms with Crippen molar-refractivity contribution in [3.8, 4) is 0 Å². The van der Waals surface area contributed by atoms with E-state index in [2.05, 4.69) is 15.3 Å².